The number of nitrogens with one attached hydrogen (secondary N) is 2. The summed E-state index contributed by atoms with van der Waals surface area (Å²) < 4.78 is 31.3. The van der Waals surface area contributed by atoms with Gasteiger partial charge in [0.25, 0.3) is 0 Å². The van der Waals surface area contributed by atoms with Crippen LogP contribution in [0.1, 0.15) is 53.4 Å². The number of carbonyl (C=O) groups is 2. The van der Waals surface area contributed by atoms with Gasteiger partial charge in [-0.25, -0.2) is 13.2 Å². The van der Waals surface area contributed by atoms with E-state index in [9.17, 15) is 18.0 Å². The Morgan fingerprint density at radius 3 is 2.45 bits per heavy atom. The van der Waals surface area contributed by atoms with E-state index < -0.39 is 27.4 Å². The highest BCUT2D eigenvalue weighted by molar-refractivity contribution is 7.99. The van der Waals surface area contributed by atoms with Crippen molar-refractivity contribution in [2.45, 2.75) is 74.1 Å². The summed E-state index contributed by atoms with van der Waals surface area (Å²) in [5, 5.41) is 13.7. The molecule has 1 fully saturated rings. The molecule has 10 heteroatoms. The van der Waals surface area contributed by atoms with E-state index in [4.69, 9.17) is 10.00 Å². The Labute approximate surface area is 200 Å². The van der Waals surface area contributed by atoms with Gasteiger partial charge in [0, 0.05) is 10.8 Å². The van der Waals surface area contributed by atoms with E-state index in [0.29, 0.717) is 12.8 Å². The molecule has 182 valence electrons. The fourth-order valence-corrected chi connectivity index (χ4v) is 6.38. The number of alkyl carbamates (subject to hydrolysis) is 1. The van der Waals surface area contributed by atoms with E-state index in [0.717, 1.165) is 17.7 Å². The van der Waals surface area contributed by atoms with Crippen LogP contribution in [0.15, 0.2) is 34.1 Å². The molecule has 2 N–H and O–H groups in total. The van der Waals surface area contributed by atoms with Crippen LogP contribution in [-0.4, -0.2) is 43.7 Å². The minimum absolute atomic E-state index is 0.0743. The monoisotopic (exact) mass is 495 g/mol. The van der Waals surface area contributed by atoms with Crippen LogP contribution in [0.2, 0.25) is 0 Å². The molecular weight excluding hydrogens is 462 g/mol. The van der Waals surface area contributed by atoms with Crippen LogP contribution < -0.4 is 10.6 Å². The normalized spacial score (nSPS) is 19.7. The van der Waals surface area contributed by atoms with Crippen molar-refractivity contribution in [1.29, 1.82) is 5.26 Å². The molecule has 0 radical (unpaired) electrons. The second-order valence-corrected chi connectivity index (χ2v) is 12.6. The number of ether oxygens (including phenoxy) is 1. The number of sulfone groups is 1. The summed E-state index contributed by atoms with van der Waals surface area (Å²) >= 11 is 1.38. The smallest absolute Gasteiger partial charge is 0.408 e. The van der Waals surface area contributed by atoms with Gasteiger partial charge in [0.15, 0.2) is 9.84 Å². The van der Waals surface area contributed by atoms with Crippen molar-refractivity contribution in [3.05, 3.63) is 24.3 Å². The highest BCUT2D eigenvalue weighted by atomic mass is 32.2. The van der Waals surface area contributed by atoms with Crippen LogP contribution >= 0.6 is 11.8 Å². The molecule has 0 aromatic heterocycles. The number of carbonyl (C=O) groups excluding carboxylic acids is 2. The Morgan fingerprint density at radius 1 is 1.21 bits per heavy atom. The van der Waals surface area contributed by atoms with Gasteiger partial charge < -0.3 is 15.4 Å². The molecule has 0 aliphatic heterocycles. The van der Waals surface area contributed by atoms with Crippen LogP contribution in [0.5, 0.6) is 0 Å². The summed E-state index contributed by atoms with van der Waals surface area (Å²) in [7, 11) is -3.58. The predicted molar refractivity (Wildman–Crippen MR) is 127 cm³/mol. The van der Waals surface area contributed by atoms with E-state index in [1.165, 1.54) is 11.8 Å². The number of nitrogens with zero attached hydrogens (tertiary/aromatic N) is 1. The molecule has 3 atom stereocenters. The second kappa shape index (κ2) is 11.7. The summed E-state index contributed by atoms with van der Waals surface area (Å²) in [6.45, 7) is 7.11. The Balaban J connectivity index is 2.00. The molecule has 0 bridgehead atoms. The Kier molecular flexibility index (Phi) is 9.61. The molecule has 1 saturated carbocycles. The van der Waals surface area contributed by atoms with Crippen molar-refractivity contribution in [1.82, 2.24) is 10.6 Å². The summed E-state index contributed by atoms with van der Waals surface area (Å²) in [5.41, 5.74) is -0.585. The van der Waals surface area contributed by atoms with Crippen molar-refractivity contribution in [2.75, 3.05) is 12.3 Å². The lowest BCUT2D eigenvalue weighted by atomic mass is 9.80. The van der Waals surface area contributed by atoms with Crippen LogP contribution in [0.25, 0.3) is 0 Å². The minimum atomic E-state index is -3.58. The zero-order valence-corrected chi connectivity index (χ0v) is 21.2. The standard InChI is InChI=1S/C23H33N3O5S2/c1-16(26-22(28)31-23(2,3)4)32-18-9-11-19(12-10-18)33(29,30)15-17-7-5-6-8-20(17)21(27)25-14-13-24/h9-12,16-17,20H,5-8,14-15H2,1-4H3,(H,25,27)(H,26,28)/t16?,17-,20+/m1/s1. The third-order valence-corrected chi connectivity index (χ3v) is 8.11. The largest absolute Gasteiger partial charge is 0.444 e. The summed E-state index contributed by atoms with van der Waals surface area (Å²) in [6.07, 6.45) is 2.56. The lowest BCUT2D eigenvalue weighted by Crippen LogP contribution is -2.39. The minimum Gasteiger partial charge on any atom is -0.444 e. The third kappa shape index (κ3) is 8.89. The number of benzene rings is 1. The van der Waals surface area contributed by atoms with Gasteiger partial charge in [0.2, 0.25) is 5.91 Å². The molecule has 8 nitrogen and oxygen atoms in total. The maximum atomic E-state index is 13.0. The van der Waals surface area contributed by atoms with Crippen molar-refractivity contribution in [3.8, 4) is 6.07 Å². The lowest BCUT2D eigenvalue weighted by molar-refractivity contribution is -0.127. The van der Waals surface area contributed by atoms with Gasteiger partial charge in [0.05, 0.1) is 22.1 Å². The van der Waals surface area contributed by atoms with Gasteiger partial charge in [-0.2, -0.15) is 5.26 Å². The molecular formula is C23H33N3O5S2. The maximum Gasteiger partial charge on any atom is 0.408 e. The molecule has 1 aromatic carbocycles. The first-order valence-corrected chi connectivity index (χ1v) is 13.6. The Morgan fingerprint density at radius 2 is 1.85 bits per heavy atom. The fraction of sp³-hybridized carbons (Fsp3) is 0.609. The summed E-state index contributed by atoms with van der Waals surface area (Å²) in [6, 6.07) is 8.43. The first-order chi connectivity index (χ1) is 15.4. The van der Waals surface area contributed by atoms with Crippen LogP contribution in [-0.2, 0) is 19.4 Å². The highest BCUT2D eigenvalue weighted by Crippen LogP contribution is 2.33. The molecule has 33 heavy (non-hydrogen) atoms. The number of amides is 2. The number of hydrogen-bond acceptors (Lipinski definition) is 7. The maximum absolute atomic E-state index is 13.0. The fourth-order valence-electron chi connectivity index (χ4n) is 3.82. The van der Waals surface area contributed by atoms with Crippen molar-refractivity contribution in [2.24, 2.45) is 11.8 Å². The van der Waals surface area contributed by atoms with Gasteiger partial charge in [0.1, 0.15) is 12.1 Å². The van der Waals surface area contributed by atoms with Crippen LogP contribution in [0.4, 0.5) is 4.79 Å². The Bertz CT molecular complexity index is 965. The number of thioether (sulfide) groups is 1. The zero-order chi connectivity index (χ0) is 24.6. The van der Waals surface area contributed by atoms with Crippen LogP contribution in [0, 0.1) is 23.2 Å². The average molecular weight is 496 g/mol. The van der Waals surface area contributed by atoms with Gasteiger partial charge in [-0.05, 0) is 70.7 Å². The van der Waals surface area contributed by atoms with Crippen molar-refractivity contribution in [3.63, 3.8) is 0 Å². The first-order valence-electron chi connectivity index (χ1n) is 11.0. The molecule has 2 rings (SSSR count). The molecule has 0 heterocycles. The molecule has 0 saturated heterocycles. The van der Waals surface area contributed by atoms with Gasteiger partial charge in [-0.15, -0.1) is 11.8 Å². The van der Waals surface area contributed by atoms with E-state index in [-0.39, 0.29) is 34.4 Å². The number of rotatable bonds is 8. The molecule has 2 amide bonds. The van der Waals surface area contributed by atoms with E-state index >= 15 is 0 Å². The molecule has 0 spiro atoms. The average Bonchev–Trinajstić information content (AvgIpc) is 2.71. The molecule has 1 aliphatic rings. The second-order valence-electron chi connectivity index (χ2n) is 9.19. The molecule has 1 aromatic rings. The van der Waals surface area contributed by atoms with Gasteiger partial charge in [-0.3, -0.25) is 4.79 Å². The first kappa shape index (κ1) is 27.0. The lowest BCUT2D eigenvalue weighted by Gasteiger charge is -2.30. The van der Waals surface area contributed by atoms with Crippen molar-refractivity contribution < 1.29 is 22.7 Å². The number of nitriles is 1. The van der Waals surface area contributed by atoms with Gasteiger partial charge in [-0.1, -0.05) is 12.8 Å². The topological polar surface area (TPSA) is 125 Å². The van der Waals surface area contributed by atoms with E-state index in [1.54, 1.807) is 45.0 Å². The van der Waals surface area contributed by atoms with Crippen molar-refractivity contribution >= 4 is 33.6 Å². The van der Waals surface area contributed by atoms with E-state index in [2.05, 4.69) is 10.6 Å². The SMILES string of the molecule is CC(NC(=O)OC(C)(C)C)Sc1ccc(S(=O)(=O)C[C@H]2CCCC[C@@H]2C(=O)NCC#N)cc1. The summed E-state index contributed by atoms with van der Waals surface area (Å²) in [4.78, 5) is 25.3. The van der Waals surface area contributed by atoms with E-state index in [1.807, 2.05) is 13.0 Å². The summed E-state index contributed by atoms with van der Waals surface area (Å²) in [5.74, 6) is -0.999. The van der Waals surface area contributed by atoms with Gasteiger partial charge >= 0.3 is 6.09 Å². The zero-order valence-electron chi connectivity index (χ0n) is 19.6. The predicted octanol–water partition coefficient (Wildman–Crippen LogP) is 3.87. The Hall–Kier alpha value is -2.25. The van der Waals surface area contributed by atoms with Crippen LogP contribution in [0.3, 0.4) is 0 Å². The highest BCUT2D eigenvalue weighted by Gasteiger charge is 2.34. The third-order valence-electron chi connectivity index (χ3n) is 5.24. The quantitative estimate of drug-likeness (QED) is 0.318. The number of hydrogen-bond donors (Lipinski definition) is 2. The molecule has 1 aliphatic carbocycles. The molecule has 1 unspecified atom stereocenters.